The molecule has 0 bridgehead atoms. The van der Waals surface area contributed by atoms with Crippen LogP contribution in [0.15, 0.2) is 18.2 Å². The molecule has 1 atom stereocenters. The number of Topliss-reactive ketones (excluding diaryl/α,β-unsaturated/α-hetero) is 1. The summed E-state index contributed by atoms with van der Waals surface area (Å²) in [5.74, 6) is 0.226. The summed E-state index contributed by atoms with van der Waals surface area (Å²) in [6.07, 6.45) is 3.00. The lowest BCUT2D eigenvalue weighted by atomic mass is 9.97. The highest BCUT2D eigenvalue weighted by molar-refractivity contribution is 6.32. The fourth-order valence-electron chi connectivity index (χ4n) is 3.11. The lowest BCUT2D eigenvalue weighted by Crippen LogP contribution is -2.28. The molecule has 0 N–H and O–H groups in total. The number of ketones is 1. The molecule has 4 heteroatoms. The number of rotatable bonds is 2. The summed E-state index contributed by atoms with van der Waals surface area (Å²) < 4.78 is 0. The third kappa shape index (κ3) is 2.27. The van der Waals surface area contributed by atoms with Crippen molar-refractivity contribution >= 4 is 23.3 Å². The van der Waals surface area contributed by atoms with Crippen LogP contribution < -0.4 is 0 Å². The average molecular weight is 278 g/mol. The van der Waals surface area contributed by atoms with Gasteiger partial charge in [-0.3, -0.25) is 9.59 Å². The smallest absolute Gasteiger partial charge is 0.223 e. The first-order valence-corrected chi connectivity index (χ1v) is 7.14. The first-order chi connectivity index (χ1) is 9.16. The molecule has 1 aliphatic heterocycles. The van der Waals surface area contributed by atoms with Gasteiger partial charge in [0.2, 0.25) is 5.91 Å². The van der Waals surface area contributed by atoms with Crippen molar-refractivity contribution < 1.29 is 9.59 Å². The number of hydrogen-bond acceptors (Lipinski definition) is 2. The van der Waals surface area contributed by atoms with E-state index in [4.69, 9.17) is 11.6 Å². The molecular formula is C15H16ClNO2. The lowest BCUT2D eigenvalue weighted by molar-refractivity contribution is -0.130. The van der Waals surface area contributed by atoms with Gasteiger partial charge in [-0.15, -0.1) is 0 Å². The van der Waals surface area contributed by atoms with Crippen LogP contribution in [0.4, 0.5) is 0 Å². The minimum Gasteiger partial charge on any atom is -0.343 e. The van der Waals surface area contributed by atoms with E-state index in [1.165, 1.54) is 0 Å². The van der Waals surface area contributed by atoms with E-state index in [0.717, 1.165) is 31.5 Å². The Hall–Kier alpha value is -1.35. The van der Waals surface area contributed by atoms with Crippen LogP contribution in [0.5, 0.6) is 0 Å². The van der Waals surface area contributed by atoms with E-state index in [1.807, 2.05) is 11.0 Å². The minimum absolute atomic E-state index is 0.0377. The maximum Gasteiger partial charge on any atom is 0.223 e. The summed E-state index contributed by atoms with van der Waals surface area (Å²) in [7, 11) is 0. The Bertz CT molecular complexity index is 535. The van der Waals surface area contributed by atoms with Gasteiger partial charge in [0.15, 0.2) is 5.78 Å². The number of nitrogens with zero attached hydrogens (tertiary/aromatic N) is 1. The Morgan fingerprint density at radius 2 is 2.05 bits per heavy atom. The van der Waals surface area contributed by atoms with Gasteiger partial charge in [0.25, 0.3) is 0 Å². The molecule has 1 amide bonds. The maximum atomic E-state index is 12.2. The van der Waals surface area contributed by atoms with E-state index < -0.39 is 0 Å². The first-order valence-electron chi connectivity index (χ1n) is 6.76. The third-order valence-corrected chi connectivity index (χ3v) is 4.40. The Kier molecular flexibility index (Phi) is 3.31. The molecular weight excluding hydrogens is 262 g/mol. The van der Waals surface area contributed by atoms with Crippen molar-refractivity contribution in [3.8, 4) is 0 Å². The summed E-state index contributed by atoms with van der Waals surface area (Å²) in [4.78, 5) is 26.1. The van der Waals surface area contributed by atoms with E-state index in [9.17, 15) is 9.59 Å². The SMILES string of the molecule is O=C1CC(CC(=O)N2CCCC2)c2c(Cl)cccc21. The molecule has 1 aromatic rings. The molecule has 100 valence electrons. The summed E-state index contributed by atoms with van der Waals surface area (Å²) >= 11 is 6.20. The summed E-state index contributed by atoms with van der Waals surface area (Å²) in [5, 5.41) is 0.613. The average Bonchev–Trinajstić information content (AvgIpc) is 2.99. The second-order valence-electron chi connectivity index (χ2n) is 5.32. The normalized spacial score (nSPS) is 21.8. The van der Waals surface area contributed by atoms with Crippen molar-refractivity contribution in [3.05, 3.63) is 34.3 Å². The monoisotopic (exact) mass is 277 g/mol. The minimum atomic E-state index is -0.0377. The molecule has 1 heterocycles. The van der Waals surface area contributed by atoms with Crippen molar-refractivity contribution in [2.45, 2.75) is 31.6 Å². The third-order valence-electron chi connectivity index (χ3n) is 4.07. The molecule has 0 saturated carbocycles. The quantitative estimate of drug-likeness (QED) is 0.833. The van der Waals surface area contributed by atoms with E-state index in [2.05, 4.69) is 0 Å². The van der Waals surface area contributed by atoms with Gasteiger partial charge in [-0.1, -0.05) is 23.7 Å². The van der Waals surface area contributed by atoms with Gasteiger partial charge in [-0.05, 0) is 24.5 Å². The number of carbonyl (C=O) groups is 2. The Morgan fingerprint density at radius 1 is 1.32 bits per heavy atom. The van der Waals surface area contributed by atoms with Crippen LogP contribution in [0, 0.1) is 0 Å². The second kappa shape index (κ2) is 4.97. The van der Waals surface area contributed by atoms with Crippen LogP contribution in [0.25, 0.3) is 0 Å². The zero-order chi connectivity index (χ0) is 13.4. The molecule has 0 aromatic heterocycles. The second-order valence-corrected chi connectivity index (χ2v) is 5.72. The van der Waals surface area contributed by atoms with Crippen LogP contribution in [0.3, 0.4) is 0 Å². The first kappa shape index (κ1) is 12.7. The number of amides is 1. The van der Waals surface area contributed by atoms with Gasteiger partial charge in [-0.2, -0.15) is 0 Å². The Morgan fingerprint density at radius 3 is 2.79 bits per heavy atom. The van der Waals surface area contributed by atoms with Crippen LogP contribution >= 0.6 is 11.6 Å². The largest absolute Gasteiger partial charge is 0.343 e. The molecule has 0 spiro atoms. The predicted molar refractivity (Wildman–Crippen MR) is 73.6 cm³/mol. The van der Waals surface area contributed by atoms with E-state index in [0.29, 0.717) is 23.4 Å². The van der Waals surface area contributed by atoms with E-state index >= 15 is 0 Å². The predicted octanol–water partition coefficient (Wildman–Crippen LogP) is 3.02. The van der Waals surface area contributed by atoms with E-state index in [-0.39, 0.29) is 17.6 Å². The molecule has 19 heavy (non-hydrogen) atoms. The number of hydrogen-bond donors (Lipinski definition) is 0. The van der Waals surface area contributed by atoms with Crippen molar-refractivity contribution in [2.24, 2.45) is 0 Å². The number of benzene rings is 1. The highest BCUT2D eigenvalue weighted by Crippen LogP contribution is 2.40. The molecule has 1 fully saturated rings. The standard InChI is InChI=1S/C15H16ClNO2/c16-12-5-3-4-11-13(18)8-10(15(11)12)9-14(19)17-6-1-2-7-17/h3-5,10H,1-2,6-9H2. The van der Waals surface area contributed by atoms with Gasteiger partial charge < -0.3 is 4.90 Å². The van der Waals surface area contributed by atoms with Gasteiger partial charge >= 0.3 is 0 Å². The van der Waals surface area contributed by atoms with Crippen LogP contribution in [-0.2, 0) is 4.79 Å². The van der Waals surface area contributed by atoms with Crippen molar-refractivity contribution in [3.63, 3.8) is 0 Å². The highest BCUT2D eigenvalue weighted by atomic mass is 35.5. The zero-order valence-corrected chi connectivity index (χ0v) is 11.4. The topological polar surface area (TPSA) is 37.4 Å². The molecule has 1 aromatic carbocycles. The molecule has 2 aliphatic rings. The summed E-state index contributed by atoms with van der Waals surface area (Å²) in [6, 6.07) is 5.40. The molecule has 0 radical (unpaired) electrons. The number of carbonyl (C=O) groups excluding carboxylic acids is 2. The van der Waals surface area contributed by atoms with Gasteiger partial charge in [0.1, 0.15) is 0 Å². The molecule has 3 rings (SSSR count). The van der Waals surface area contributed by atoms with Gasteiger partial charge in [0, 0.05) is 42.4 Å². The van der Waals surface area contributed by atoms with Crippen LogP contribution in [-0.4, -0.2) is 29.7 Å². The van der Waals surface area contributed by atoms with Crippen LogP contribution in [0.2, 0.25) is 5.02 Å². The van der Waals surface area contributed by atoms with E-state index in [1.54, 1.807) is 12.1 Å². The van der Waals surface area contributed by atoms with Crippen molar-refractivity contribution in [1.29, 1.82) is 0 Å². The maximum absolute atomic E-state index is 12.2. The molecule has 1 saturated heterocycles. The molecule has 1 aliphatic carbocycles. The number of likely N-dealkylation sites (tertiary alicyclic amines) is 1. The van der Waals surface area contributed by atoms with Crippen molar-refractivity contribution in [2.75, 3.05) is 13.1 Å². The highest BCUT2D eigenvalue weighted by Gasteiger charge is 2.33. The molecule has 3 nitrogen and oxygen atoms in total. The zero-order valence-electron chi connectivity index (χ0n) is 10.7. The van der Waals surface area contributed by atoms with Gasteiger partial charge in [0.05, 0.1) is 0 Å². The lowest BCUT2D eigenvalue weighted by Gasteiger charge is -2.18. The number of halogens is 1. The van der Waals surface area contributed by atoms with Crippen LogP contribution in [0.1, 0.15) is 47.5 Å². The molecule has 1 unspecified atom stereocenters. The fraction of sp³-hybridized carbons (Fsp3) is 0.467. The Balaban J connectivity index is 1.81. The fourth-order valence-corrected chi connectivity index (χ4v) is 3.44. The Labute approximate surface area is 117 Å². The summed E-state index contributed by atoms with van der Waals surface area (Å²) in [6.45, 7) is 1.71. The number of fused-ring (bicyclic) bond motifs is 1. The van der Waals surface area contributed by atoms with Gasteiger partial charge in [-0.25, -0.2) is 0 Å². The van der Waals surface area contributed by atoms with Crippen molar-refractivity contribution in [1.82, 2.24) is 4.90 Å². The summed E-state index contributed by atoms with van der Waals surface area (Å²) in [5.41, 5.74) is 1.58.